The second-order valence-corrected chi connectivity index (χ2v) is 4.62. The molecule has 16 heavy (non-hydrogen) atoms. The second kappa shape index (κ2) is 7.42. The minimum atomic E-state index is 0.631. The van der Waals surface area contributed by atoms with Crippen LogP contribution in [0.2, 0.25) is 0 Å². The smallest absolute Gasteiger partial charge is 0.000835 e. The van der Waals surface area contributed by atoms with E-state index in [1.807, 2.05) is 0 Å². The highest BCUT2D eigenvalue weighted by Gasteiger charge is 1.98. The van der Waals surface area contributed by atoms with Crippen LogP contribution in [0.25, 0.3) is 0 Å². The zero-order valence-electron chi connectivity index (χ0n) is 10.5. The van der Waals surface area contributed by atoms with Gasteiger partial charge in [0.05, 0.1) is 0 Å². The van der Waals surface area contributed by atoms with Gasteiger partial charge in [-0.1, -0.05) is 36.8 Å². The number of rotatable bonds is 7. The van der Waals surface area contributed by atoms with Gasteiger partial charge in [0.2, 0.25) is 0 Å². The molecule has 0 spiro atoms. The van der Waals surface area contributed by atoms with E-state index in [-0.39, 0.29) is 0 Å². The first-order valence-corrected chi connectivity index (χ1v) is 6.18. The summed E-state index contributed by atoms with van der Waals surface area (Å²) in [7, 11) is 0. The molecule has 1 atom stereocenters. The standard InChI is InChI=1S/C14H24N2/c1-12-3-5-14(6-4-12)8-10-16-9-7-13(2)11-15/h3-6,13,16H,7-11,15H2,1-2H3. The van der Waals surface area contributed by atoms with Gasteiger partial charge in [-0.3, -0.25) is 0 Å². The van der Waals surface area contributed by atoms with E-state index in [4.69, 9.17) is 5.73 Å². The molecule has 0 aromatic heterocycles. The second-order valence-electron chi connectivity index (χ2n) is 4.62. The Bertz CT molecular complexity index is 279. The molecule has 0 saturated heterocycles. The van der Waals surface area contributed by atoms with Crippen LogP contribution in [0.4, 0.5) is 0 Å². The fourth-order valence-corrected chi connectivity index (χ4v) is 1.58. The summed E-state index contributed by atoms with van der Waals surface area (Å²) in [6.07, 6.45) is 2.28. The van der Waals surface area contributed by atoms with Crippen LogP contribution in [0.1, 0.15) is 24.5 Å². The summed E-state index contributed by atoms with van der Waals surface area (Å²) in [5.74, 6) is 0.631. The van der Waals surface area contributed by atoms with Crippen molar-refractivity contribution in [3.63, 3.8) is 0 Å². The predicted molar refractivity (Wildman–Crippen MR) is 70.6 cm³/mol. The van der Waals surface area contributed by atoms with Gasteiger partial charge in [-0.25, -0.2) is 0 Å². The molecule has 3 N–H and O–H groups in total. The average Bonchev–Trinajstić information content (AvgIpc) is 2.31. The lowest BCUT2D eigenvalue weighted by Crippen LogP contribution is -2.22. The van der Waals surface area contributed by atoms with Crippen LogP contribution < -0.4 is 11.1 Å². The molecule has 90 valence electrons. The van der Waals surface area contributed by atoms with Crippen molar-refractivity contribution in [1.29, 1.82) is 0 Å². The molecule has 1 aromatic rings. The van der Waals surface area contributed by atoms with E-state index in [1.54, 1.807) is 0 Å². The zero-order valence-corrected chi connectivity index (χ0v) is 10.5. The normalized spacial score (nSPS) is 12.7. The Kier molecular flexibility index (Phi) is 6.12. The Hall–Kier alpha value is -0.860. The third-order valence-electron chi connectivity index (χ3n) is 2.93. The molecule has 2 nitrogen and oxygen atoms in total. The van der Waals surface area contributed by atoms with Gasteiger partial charge in [-0.15, -0.1) is 0 Å². The quantitative estimate of drug-likeness (QED) is 0.691. The Morgan fingerprint density at radius 3 is 2.50 bits per heavy atom. The monoisotopic (exact) mass is 220 g/mol. The van der Waals surface area contributed by atoms with Crippen molar-refractivity contribution in [3.8, 4) is 0 Å². The molecule has 0 fully saturated rings. The highest BCUT2D eigenvalue weighted by atomic mass is 14.8. The van der Waals surface area contributed by atoms with Gasteiger partial charge in [-0.05, 0) is 50.9 Å². The summed E-state index contributed by atoms with van der Waals surface area (Å²) >= 11 is 0. The van der Waals surface area contributed by atoms with E-state index >= 15 is 0 Å². The highest BCUT2D eigenvalue weighted by Crippen LogP contribution is 2.03. The topological polar surface area (TPSA) is 38.0 Å². The zero-order chi connectivity index (χ0) is 11.8. The van der Waals surface area contributed by atoms with Crippen LogP contribution in [0.5, 0.6) is 0 Å². The fourth-order valence-electron chi connectivity index (χ4n) is 1.58. The number of hydrogen-bond acceptors (Lipinski definition) is 2. The van der Waals surface area contributed by atoms with Crippen LogP contribution in [0, 0.1) is 12.8 Å². The van der Waals surface area contributed by atoms with E-state index in [1.165, 1.54) is 17.5 Å². The Morgan fingerprint density at radius 2 is 1.88 bits per heavy atom. The third-order valence-corrected chi connectivity index (χ3v) is 2.93. The molecule has 0 aliphatic carbocycles. The molecule has 1 aromatic carbocycles. The van der Waals surface area contributed by atoms with Crippen molar-refractivity contribution in [3.05, 3.63) is 35.4 Å². The summed E-state index contributed by atoms with van der Waals surface area (Å²) in [6.45, 7) is 7.24. The molecule has 0 heterocycles. The minimum absolute atomic E-state index is 0.631. The lowest BCUT2D eigenvalue weighted by Gasteiger charge is -2.09. The number of benzene rings is 1. The summed E-state index contributed by atoms with van der Waals surface area (Å²) < 4.78 is 0. The van der Waals surface area contributed by atoms with Crippen molar-refractivity contribution < 1.29 is 0 Å². The number of nitrogens with one attached hydrogen (secondary N) is 1. The average molecular weight is 220 g/mol. The van der Waals surface area contributed by atoms with Crippen LogP contribution in [0.15, 0.2) is 24.3 Å². The highest BCUT2D eigenvalue weighted by molar-refractivity contribution is 5.21. The van der Waals surface area contributed by atoms with Crippen LogP contribution in [0.3, 0.4) is 0 Å². The van der Waals surface area contributed by atoms with Crippen molar-refractivity contribution in [2.24, 2.45) is 11.7 Å². The van der Waals surface area contributed by atoms with E-state index in [0.29, 0.717) is 5.92 Å². The molecule has 2 heteroatoms. The first kappa shape index (κ1) is 13.2. The third kappa shape index (κ3) is 5.29. The SMILES string of the molecule is Cc1ccc(CCNCCC(C)CN)cc1. The minimum Gasteiger partial charge on any atom is -0.330 e. The van der Waals surface area contributed by atoms with Crippen LogP contribution in [-0.4, -0.2) is 19.6 Å². The summed E-state index contributed by atoms with van der Waals surface area (Å²) in [6, 6.07) is 8.76. The molecule has 0 saturated carbocycles. The predicted octanol–water partition coefficient (Wildman–Crippen LogP) is 2.11. The van der Waals surface area contributed by atoms with E-state index in [2.05, 4.69) is 43.4 Å². The molecule has 0 aliphatic heterocycles. The molecule has 0 amide bonds. The lowest BCUT2D eigenvalue weighted by atomic mass is 10.1. The van der Waals surface area contributed by atoms with E-state index < -0.39 is 0 Å². The first-order chi connectivity index (χ1) is 7.72. The summed E-state index contributed by atoms with van der Waals surface area (Å²) in [5, 5.41) is 3.46. The fraction of sp³-hybridized carbons (Fsp3) is 0.571. The van der Waals surface area contributed by atoms with Crippen molar-refractivity contribution in [2.75, 3.05) is 19.6 Å². The van der Waals surface area contributed by atoms with E-state index in [9.17, 15) is 0 Å². The molecule has 1 rings (SSSR count). The Labute approximate surface area is 99.2 Å². The molecule has 0 aliphatic rings. The maximum atomic E-state index is 5.56. The molecule has 0 radical (unpaired) electrons. The van der Waals surface area contributed by atoms with Gasteiger partial charge < -0.3 is 11.1 Å². The maximum absolute atomic E-state index is 5.56. The van der Waals surface area contributed by atoms with Gasteiger partial charge in [-0.2, -0.15) is 0 Å². The molecular formula is C14H24N2. The first-order valence-electron chi connectivity index (χ1n) is 6.18. The number of aryl methyl sites for hydroxylation is 1. The summed E-state index contributed by atoms with van der Waals surface area (Å²) in [4.78, 5) is 0. The van der Waals surface area contributed by atoms with Crippen molar-refractivity contribution >= 4 is 0 Å². The number of hydrogen-bond donors (Lipinski definition) is 2. The van der Waals surface area contributed by atoms with Crippen LogP contribution >= 0.6 is 0 Å². The largest absolute Gasteiger partial charge is 0.330 e. The molecular weight excluding hydrogens is 196 g/mol. The Morgan fingerprint density at radius 1 is 1.19 bits per heavy atom. The number of nitrogens with two attached hydrogens (primary N) is 1. The van der Waals surface area contributed by atoms with Gasteiger partial charge in [0.1, 0.15) is 0 Å². The Balaban J connectivity index is 2.09. The van der Waals surface area contributed by atoms with Gasteiger partial charge in [0, 0.05) is 0 Å². The van der Waals surface area contributed by atoms with Gasteiger partial charge >= 0.3 is 0 Å². The van der Waals surface area contributed by atoms with Gasteiger partial charge in [0.25, 0.3) is 0 Å². The van der Waals surface area contributed by atoms with Crippen molar-refractivity contribution in [1.82, 2.24) is 5.32 Å². The van der Waals surface area contributed by atoms with Crippen LogP contribution in [-0.2, 0) is 6.42 Å². The van der Waals surface area contributed by atoms with Crippen molar-refractivity contribution in [2.45, 2.75) is 26.7 Å². The molecule has 1 unspecified atom stereocenters. The van der Waals surface area contributed by atoms with E-state index in [0.717, 1.165) is 26.1 Å². The lowest BCUT2D eigenvalue weighted by molar-refractivity contribution is 0.511. The maximum Gasteiger partial charge on any atom is -0.000835 e. The summed E-state index contributed by atoms with van der Waals surface area (Å²) in [5.41, 5.74) is 8.30. The molecule has 0 bridgehead atoms. The van der Waals surface area contributed by atoms with Gasteiger partial charge in [0.15, 0.2) is 0 Å².